The summed E-state index contributed by atoms with van der Waals surface area (Å²) in [5.74, 6) is 1.73. The topological polar surface area (TPSA) is 0 Å². The molecule has 0 bridgehead atoms. The quantitative estimate of drug-likeness (QED) is 0.256. The van der Waals surface area contributed by atoms with E-state index in [0.717, 1.165) is 11.8 Å². The number of hydrogen-bond acceptors (Lipinski definition) is 0. The van der Waals surface area contributed by atoms with Gasteiger partial charge in [0, 0.05) is 5.88 Å². The van der Waals surface area contributed by atoms with Crippen molar-refractivity contribution < 1.29 is 0 Å². The zero-order chi connectivity index (χ0) is 14.8. The molecule has 0 aromatic rings. The molecule has 0 fully saturated rings. The third kappa shape index (κ3) is 27.5. The highest BCUT2D eigenvalue weighted by atomic mass is 35.5. The molecule has 0 saturated carbocycles. The van der Waals surface area contributed by atoms with Crippen molar-refractivity contribution in [2.45, 2.75) is 105 Å². The fraction of sp³-hybridized carbons (Fsp3) is 1.00. The van der Waals surface area contributed by atoms with Crippen molar-refractivity contribution in [3.05, 3.63) is 0 Å². The molecular weight excluding hydrogens is 252 g/mol. The van der Waals surface area contributed by atoms with Gasteiger partial charge in [0.15, 0.2) is 0 Å². The molecular formula is C18H39Cl. The smallest absolute Gasteiger partial charge is 0.0223 e. The largest absolute Gasteiger partial charge is 0.127 e. The average molecular weight is 291 g/mol. The predicted octanol–water partition coefficient (Wildman–Crippen LogP) is 7.59. The van der Waals surface area contributed by atoms with Crippen LogP contribution in [0.3, 0.4) is 0 Å². The molecule has 1 heteroatoms. The first-order valence-electron chi connectivity index (χ1n) is 8.74. The molecule has 0 aromatic carbocycles. The van der Waals surface area contributed by atoms with Gasteiger partial charge in [-0.15, -0.1) is 11.6 Å². The molecule has 0 heterocycles. The first-order chi connectivity index (χ1) is 9.18. The van der Waals surface area contributed by atoms with E-state index < -0.39 is 0 Å². The van der Waals surface area contributed by atoms with Crippen molar-refractivity contribution in [1.82, 2.24) is 0 Å². The van der Waals surface area contributed by atoms with Gasteiger partial charge in [-0.05, 0) is 12.3 Å². The minimum Gasteiger partial charge on any atom is -0.127 e. The lowest BCUT2D eigenvalue weighted by Crippen LogP contribution is -1.87. The van der Waals surface area contributed by atoms with E-state index in [9.17, 15) is 0 Å². The summed E-state index contributed by atoms with van der Waals surface area (Å²) < 4.78 is 0. The van der Waals surface area contributed by atoms with Gasteiger partial charge in [0.25, 0.3) is 0 Å². The zero-order valence-electron chi connectivity index (χ0n) is 14.1. The van der Waals surface area contributed by atoms with E-state index in [4.69, 9.17) is 11.6 Å². The van der Waals surface area contributed by atoms with Gasteiger partial charge in [0.2, 0.25) is 0 Å². The minimum absolute atomic E-state index is 0.827. The van der Waals surface area contributed by atoms with Crippen LogP contribution in [0.15, 0.2) is 0 Å². The maximum absolute atomic E-state index is 5.38. The second kappa shape index (κ2) is 20.6. The van der Waals surface area contributed by atoms with Crippen LogP contribution in [0.1, 0.15) is 105 Å². The van der Waals surface area contributed by atoms with Crippen molar-refractivity contribution in [3.8, 4) is 0 Å². The number of halogens is 1. The highest BCUT2D eigenvalue weighted by Gasteiger charge is 1.94. The molecule has 0 aliphatic rings. The highest BCUT2D eigenvalue weighted by molar-refractivity contribution is 6.17. The van der Waals surface area contributed by atoms with Crippen LogP contribution in [0.2, 0.25) is 0 Å². The molecule has 0 atom stereocenters. The van der Waals surface area contributed by atoms with E-state index in [-0.39, 0.29) is 0 Å². The second-order valence-electron chi connectivity index (χ2n) is 6.05. The van der Waals surface area contributed by atoms with E-state index in [2.05, 4.69) is 27.7 Å². The Kier molecular flexibility index (Phi) is 23.4. The van der Waals surface area contributed by atoms with Crippen molar-refractivity contribution >= 4 is 11.6 Å². The number of unbranched alkanes of at least 4 members (excludes halogenated alkanes) is 9. The van der Waals surface area contributed by atoms with E-state index in [1.165, 1.54) is 77.0 Å². The summed E-state index contributed by atoms with van der Waals surface area (Å²) in [5, 5.41) is 0. The third-order valence-corrected chi connectivity index (χ3v) is 3.64. The molecule has 0 N–H and O–H groups in total. The Balaban J connectivity index is 0. The fourth-order valence-corrected chi connectivity index (χ4v) is 2.22. The van der Waals surface area contributed by atoms with Crippen LogP contribution in [-0.2, 0) is 0 Å². The molecule has 0 aliphatic carbocycles. The number of alkyl halides is 1. The molecule has 0 aliphatic heterocycles. The maximum atomic E-state index is 5.38. The Hall–Kier alpha value is 0.290. The summed E-state index contributed by atoms with van der Waals surface area (Å²) in [6.45, 7) is 9.09. The Labute approximate surface area is 128 Å². The standard InChI is InChI=1S/C13H28.C5H11Cl/c1-4-5-6-7-8-9-10-11-12-13(2)3;1-2-3-4-5-6/h13H,4-12H2,1-3H3;2-5H2,1H3. The van der Waals surface area contributed by atoms with Gasteiger partial charge < -0.3 is 0 Å². The van der Waals surface area contributed by atoms with Gasteiger partial charge in [-0.3, -0.25) is 0 Å². The zero-order valence-corrected chi connectivity index (χ0v) is 14.9. The number of hydrogen-bond donors (Lipinski definition) is 0. The molecule has 0 rings (SSSR count). The summed E-state index contributed by atoms with van der Waals surface area (Å²) in [6, 6.07) is 0. The molecule has 0 amide bonds. The predicted molar refractivity (Wildman–Crippen MR) is 92.3 cm³/mol. The summed E-state index contributed by atoms with van der Waals surface area (Å²) >= 11 is 5.38. The molecule has 19 heavy (non-hydrogen) atoms. The molecule has 0 saturated heterocycles. The van der Waals surface area contributed by atoms with E-state index >= 15 is 0 Å². The molecule has 118 valence electrons. The van der Waals surface area contributed by atoms with Crippen LogP contribution in [0.25, 0.3) is 0 Å². The molecule has 0 unspecified atom stereocenters. The normalized spacial score (nSPS) is 10.4. The van der Waals surface area contributed by atoms with Crippen LogP contribution in [-0.4, -0.2) is 5.88 Å². The Morgan fingerprint density at radius 3 is 1.42 bits per heavy atom. The fourth-order valence-electron chi connectivity index (χ4n) is 2.03. The maximum Gasteiger partial charge on any atom is 0.0223 e. The van der Waals surface area contributed by atoms with Crippen LogP contribution >= 0.6 is 11.6 Å². The summed E-state index contributed by atoms with van der Waals surface area (Å²) in [7, 11) is 0. The highest BCUT2D eigenvalue weighted by Crippen LogP contribution is 2.12. The molecule has 0 nitrogen and oxygen atoms in total. The van der Waals surface area contributed by atoms with Gasteiger partial charge in [0.05, 0.1) is 0 Å². The lowest BCUT2D eigenvalue weighted by Gasteiger charge is -2.03. The van der Waals surface area contributed by atoms with Crippen molar-refractivity contribution in [2.75, 3.05) is 5.88 Å². The van der Waals surface area contributed by atoms with Gasteiger partial charge in [-0.1, -0.05) is 98.3 Å². The van der Waals surface area contributed by atoms with Gasteiger partial charge in [-0.25, -0.2) is 0 Å². The van der Waals surface area contributed by atoms with Crippen LogP contribution in [0, 0.1) is 5.92 Å². The lowest BCUT2D eigenvalue weighted by molar-refractivity contribution is 0.508. The SMILES string of the molecule is CCCCCCCCCCC(C)C.CCCCCCl. The van der Waals surface area contributed by atoms with E-state index in [1.807, 2.05) is 0 Å². The van der Waals surface area contributed by atoms with Gasteiger partial charge in [0.1, 0.15) is 0 Å². The first kappa shape index (κ1) is 21.6. The monoisotopic (exact) mass is 290 g/mol. The molecule has 0 aromatic heterocycles. The first-order valence-corrected chi connectivity index (χ1v) is 9.28. The van der Waals surface area contributed by atoms with Crippen LogP contribution < -0.4 is 0 Å². The summed E-state index contributed by atoms with van der Waals surface area (Å²) in [4.78, 5) is 0. The van der Waals surface area contributed by atoms with Crippen LogP contribution in [0.4, 0.5) is 0 Å². The number of rotatable bonds is 12. The molecule has 0 radical (unpaired) electrons. The van der Waals surface area contributed by atoms with E-state index in [0.29, 0.717) is 0 Å². The Morgan fingerprint density at radius 1 is 0.632 bits per heavy atom. The summed E-state index contributed by atoms with van der Waals surface area (Å²) in [5.41, 5.74) is 0. The minimum atomic E-state index is 0.827. The lowest BCUT2D eigenvalue weighted by atomic mass is 10.0. The Bertz CT molecular complexity index is 128. The van der Waals surface area contributed by atoms with Gasteiger partial charge in [-0.2, -0.15) is 0 Å². The van der Waals surface area contributed by atoms with E-state index in [1.54, 1.807) is 0 Å². The van der Waals surface area contributed by atoms with Crippen molar-refractivity contribution in [3.63, 3.8) is 0 Å². The van der Waals surface area contributed by atoms with Crippen LogP contribution in [0.5, 0.6) is 0 Å². The summed E-state index contributed by atoms with van der Waals surface area (Å²) in [6.07, 6.45) is 16.7. The van der Waals surface area contributed by atoms with Crippen molar-refractivity contribution in [2.24, 2.45) is 5.92 Å². The van der Waals surface area contributed by atoms with Gasteiger partial charge >= 0.3 is 0 Å². The third-order valence-electron chi connectivity index (χ3n) is 3.37. The second-order valence-corrected chi connectivity index (χ2v) is 6.43. The van der Waals surface area contributed by atoms with Crippen molar-refractivity contribution in [1.29, 1.82) is 0 Å². The molecule has 0 spiro atoms. The average Bonchev–Trinajstić information content (AvgIpc) is 2.40. The Morgan fingerprint density at radius 2 is 1.05 bits per heavy atom.